The van der Waals surface area contributed by atoms with Gasteiger partial charge in [-0.1, -0.05) is 4.57 Å². The zero-order chi connectivity index (χ0) is 8.69. The van der Waals surface area contributed by atoms with Gasteiger partial charge in [-0.15, -0.1) is 0 Å². The fourth-order valence-corrected chi connectivity index (χ4v) is 1.09. The molecule has 0 spiro atoms. The van der Waals surface area contributed by atoms with Crippen molar-refractivity contribution < 1.29 is 19.0 Å². The van der Waals surface area contributed by atoms with Crippen molar-refractivity contribution in [3.63, 3.8) is 0 Å². The maximum atomic E-state index is 10.5. The number of methoxy groups -OCH3 is 1. The Morgan fingerprint density at radius 1 is 1.55 bits per heavy atom. The first-order valence-corrected chi connectivity index (χ1v) is 4.71. The Kier molecular flexibility index (Phi) is 5.99. The van der Waals surface area contributed by atoms with E-state index < -0.39 is 8.03 Å². The summed E-state index contributed by atoms with van der Waals surface area (Å²) in [6.07, 6.45) is 1.58. The van der Waals surface area contributed by atoms with Crippen molar-refractivity contribution in [3.8, 4) is 0 Å². The van der Waals surface area contributed by atoms with Crippen molar-refractivity contribution in [2.45, 2.75) is 19.3 Å². The highest BCUT2D eigenvalue weighted by Crippen LogP contribution is 2.10. The standard InChI is InChI=1S/C6H11O4P/c1-10-6(7)4-2-3-5-11(8)9/h2-5H2,1H3. The Morgan fingerprint density at radius 3 is 2.64 bits per heavy atom. The van der Waals surface area contributed by atoms with Gasteiger partial charge in [0.2, 0.25) is 0 Å². The van der Waals surface area contributed by atoms with Crippen LogP contribution < -0.4 is 4.89 Å². The molecule has 0 aromatic heterocycles. The van der Waals surface area contributed by atoms with Crippen LogP contribution in [0, 0.1) is 0 Å². The SMILES string of the molecule is COC(=O)CCCC[P+](=O)[O-]. The molecule has 0 heterocycles. The molecular formula is C6H11O4P. The Morgan fingerprint density at radius 2 is 2.18 bits per heavy atom. The number of unbranched alkanes of at least 4 members (excludes halogenated alkanes) is 1. The lowest BCUT2D eigenvalue weighted by molar-refractivity contribution is -0.164. The van der Waals surface area contributed by atoms with E-state index in [1.54, 1.807) is 0 Å². The molecule has 0 aliphatic carbocycles. The average Bonchev–Trinajstić information content (AvgIpc) is 1.97. The smallest absolute Gasteiger partial charge is 0.308 e. The molecule has 11 heavy (non-hydrogen) atoms. The molecule has 0 radical (unpaired) electrons. The van der Waals surface area contributed by atoms with E-state index in [4.69, 9.17) is 0 Å². The molecule has 0 rings (SSSR count). The normalized spacial score (nSPS) is 10.9. The molecule has 0 saturated carbocycles. The van der Waals surface area contributed by atoms with Crippen molar-refractivity contribution in [2.24, 2.45) is 0 Å². The van der Waals surface area contributed by atoms with Crippen LogP contribution in [-0.2, 0) is 14.1 Å². The van der Waals surface area contributed by atoms with Gasteiger partial charge in [-0.3, -0.25) is 4.79 Å². The summed E-state index contributed by atoms with van der Waals surface area (Å²) in [6, 6.07) is 0. The predicted molar refractivity (Wildman–Crippen MR) is 38.3 cm³/mol. The van der Waals surface area contributed by atoms with Gasteiger partial charge in [0.1, 0.15) is 6.16 Å². The van der Waals surface area contributed by atoms with Gasteiger partial charge in [0.25, 0.3) is 0 Å². The molecule has 64 valence electrons. The maximum Gasteiger partial charge on any atom is 0.308 e. The van der Waals surface area contributed by atoms with Gasteiger partial charge in [-0.25, -0.2) is 0 Å². The van der Waals surface area contributed by atoms with Crippen LogP contribution in [0.2, 0.25) is 0 Å². The van der Waals surface area contributed by atoms with Crippen LogP contribution in [0.1, 0.15) is 19.3 Å². The third kappa shape index (κ3) is 7.43. The number of carbonyl (C=O) groups excluding carboxylic acids is 1. The summed E-state index contributed by atoms with van der Waals surface area (Å²) in [5, 5.41) is 0. The highest BCUT2D eigenvalue weighted by Gasteiger charge is 2.03. The summed E-state index contributed by atoms with van der Waals surface area (Å²) in [4.78, 5) is 20.5. The fraction of sp³-hybridized carbons (Fsp3) is 0.833. The molecule has 0 N–H and O–H groups in total. The Bertz CT molecular complexity index is 146. The lowest BCUT2D eigenvalue weighted by Crippen LogP contribution is -2.00. The Labute approximate surface area is 66.4 Å². The minimum absolute atomic E-state index is 0.159. The third-order valence-corrected chi connectivity index (χ3v) is 1.88. The lowest BCUT2D eigenvalue weighted by atomic mass is 10.2. The van der Waals surface area contributed by atoms with E-state index in [9.17, 15) is 14.3 Å². The number of ether oxygens (including phenoxy) is 1. The highest BCUT2D eigenvalue weighted by atomic mass is 31.1. The number of esters is 1. The van der Waals surface area contributed by atoms with Gasteiger partial charge in [0.15, 0.2) is 0 Å². The van der Waals surface area contributed by atoms with Crippen LogP contribution in [0.5, 0.6) is 0 Å². The van der Waals surface area contributed by atoms with Crippen molar-refractivity contribution in [1.82, 2.24) is 0 Å². The fourth-order valence-electron chi connectivity index (χ4n) is 0.612. The summed E-state index contributed by atoms with van der Waals surface area (Å²) >= 11 is 0. The van der Waals surface area contributed by atoms with Crippen molar-refractivity contribution in [3.05, 3.63) is 0 Å². The molecule has 0 aliphatic rings. The van der Waals surface area contributed by atoms with Crippen LogP contribution in [0.15, 0.2) is 0 Å². The zero-order valence-electron chi connectivity index (χ0n) is 6.41. The minimum Gasteiger partial charge on any atom is -0.596 e. The zero-order valence-corrected chi connectivity index (χ0v) is 7.30. The molecule has 0 aromatic carbocycles. The maximum absolute atomic E-state index is 10.5. The van der Waals surface area contributed by atoms with Crippen LogP contribution in [0.25, 0.3) is 0 Å². The van der Waals surface area contributed by atoms with Gasteiger partial charge in [0.05, 0.1) is 7.11 Å². The van der Waals surface area contributed by atoms with E-state index in [1.807, 2.05) is 0 Å². The first-order chi connectivity index (χ1) is 5.16. The highest BCUT2D eigenvalue weighted by molar-refractivity contribution is 7.36. The van der Waals surface area contributed by atoms with Crippen LogP contribution in [0.4, 0.5) is 0 Å². The molecule has 4 nitrogen and oxygen atoms in total. The molecule has 0 aliphatic heterocycles. The number of hydrogen-bond acceptors (Lipinski definition) is 4. The van der Waals surface area contributed by atoms with Crippen molar-refractivity contribution >= 4 is 14.0 Å². The first-order valence-electron chi connectivity index (χ1n) is 3.35. The van der Waals surface area contributed by atoms with Crippen LogP contribution in [0.3, 0.4) is 0 Å². The second-order valence-corrected chi connectivity index (χ2v) is 3.20. The minimum atomic E-state index is -2.29. The average molecular weight is 178 g/mol. The number of hydrogen-bond donors (Lipinski definition) is 0. The Balaban J connectivity index is 3.14. The molecule has 1 atom stereocenters. The predicted octanol–water partition coefficient (Wildman–Crippen LogP) is 0.432. The largest absolute Gasteiger partial charge is 0.596 e. The van der Waals surface area contributed by atoms with Crippen LogP contribution in [-0.4, -0.2) is 19.2 Å². The monoisotopic (exact) mass is 178 g/mol. The van der Waals surface area contributed by atoms with E-state index in [1.165, 1.54) is 7.11 Å². The molecule has 0 saturated heterocycles. The summed E-state index contributed by atoms with van der Waals surface area (Å²) in [7, 11) is -0.972. The summed E-state index contributed by atoms with van der Waals surface area (Å²) in [5.41, 5.74) is 0. The molecule has 0 fully saturated rings. The van der Waals surface area contributed by atoms with Crippen molar-refractivity contribution in [2.75, 3.05) is 13.3 Å². The van der Waals surface area contributed by atoms with E-state index in [-0.39, 0.29) is 12.1 Å². The lowest BCUT2D eigenvalue weighted by Gasteiger charge is -1.95. The number of rotatable bonds is 5. The van der Waals surface area contributed by atoms with E-state index in [0.717, 1.165) is 0 Å². The topological polar surface area (TPSA) is 66.4 Å². The molecular weight excluding hydrogens is 167 g/mol. The van der Waals surface area contributed by atoms with Gasteiger partial charge >= 0.3 is 14.0 Å². The molecule has 0 bridgehead atoms. The molecule has 0 amide bonds. The quantitative estimate of drug-likeness (QED) is 0.348. The second-order valence-electron chi connectivity index (χ2n) is 2.09. The second kappa shape index (κ2) is 6.25. The van der Waals surface area contributed by atoms with Gasteiger partial charge in [-0.2, -0.15) is 0 Å². The molecule has 5 heteroatoms. The third-order valence-electron chi connectivity index (χ3n) is 1.20. The van der Waals surface area contributed by atoms with Gasteiger partial charge in [0, 0.05) is 6.42 Å². The van der Waals surface area contributed by atoms with E-state index >= 15 is 0 Å². The number of carbonyl (C=O) groups is 1. The van der Waals surface area contributed by atoms with E-state index in [2.05, 4.69) is 4.74 Å². The van der Waals surface area contributed by atoms with E-state index in [0.29, 0.717) is 19.3 Å². The molecule has 1 unspecified atom stereocenters. The first kappa shape index (κ1) is 10.5. The summed E-state index contributed by atoms with van der Waals surface area (Å²) in [5.74, 6) is -0.286. The van der Waals surface area contributed by atoms with Gasteiger partial charge in [-0.05, 0) is 12.8 Å². The van der Waals surface area contributed by atoms with Crippen molar-refractivity contribution in [1.29, 1.82) is 0 Å². The summed E-state index contributed by atoms with van der Waals surface area (Å²) in [6.45, 7) is 0. The Hall–Kier alpha value is -0.470. The van der Waals surface area contributed by atoms with Gasteiger partial charge < -0.3 is 9.63 Å². The van der Waals surface area contributed by atoms with Crippen LogP contribution >= 0.6 is 8.03 Å². The molecule has 0 aromatic rings. The summed E-state index contributed by atoms with van der Waals surface area (Å²) < 4.78 is 14.4.